The van der Waals surface area contributed by atoms with E-state index in [4.69, 9.17) is 32.4 Å². The fraction of sp³-hybridized carbons (Fsp3) is 0.0435. The molecule has 7 heteroatoms. The van der Waals surface area contributed by atoms with Crippen molar-refractivity contribution in [2.75, 3.05) is 0 Å². The minimum Gasteiger partial charge on any atom is -0.489 e. The summed E-state index contributed by atoms with van der Waals surface area (Å²) in [6.07, 6.45) is 0. The van der Waals surface area contributed by atoms with Gasteiger partial charge in [-0.3, -0.25) is 0 Å². The highest BCUT2D eigenvalue weighted by Crippen LogP contribution is 2.31. The Balaban J connectivity index is 1.47. The molecule has 4 nitrogen and oxygen atoms in total. The second kappa shape index (κ2) is 7.76. The Morgan fingerprint density at radius 3 is 2.57 bits per heavy atom. The van der Waals surface area contributed by atoms with Crippen molar-refractivity contribution in [1.82, 2.24) is 4.98 Å². The van der Waals surface area contributed by atoms with Crippen LogP contribution in [0.5, 0.6) is 5.75 Å². The van der Waals surface area contributed by atoms with E-state index in [9.17, 15) is 4.79 Å². The molecule has 0 spiro atoms. The van der Waals surface area contributed by atoms with Gasteiger partial charge in [-0.05, 0) is 42.5 Å². The predicted octanol–water partition coefficient (Wildman–Crippen LogP) is 6.96. The minimum absolute atomic E-state index is 0.206. The fourth-order valence-corrected chi connectivity index (χ4v) is 4.62. The van der Waals surface area contributed by atoms with Crippen LogP contribution in [0.15, 0.2) is 75.9 Å². The summed E-state index contributed by atoms with van der Waals surface area (Å²) >= 11 is 13.8. The third-order valence-electron chi connectivity index (χ3n) is 4.68. The standard InChI is InChI=1S/C23H13Cl2NO3S/c24-17-4-3-5-18(25)16(17)12-28-14-9-8-13-10-15(23(27)29-20(13)11-14)22-26-19-6-1-2-7-21(19)30-22/h1-11H,12H2. The van der Waals surface area contributed by atoms with E-state index in [0.29, 0.717) is 37.5 Å². The second-order valence-electron chi connectivity index (χ2n) is 6.62. The van der Waals surface area contributed by atoms with Gasteiger partial charge in [-0.2, -0.15) is 0 Å². The monoisotopic (exact) mass is 453 g/mol. The first kappa shape index (κ1) is 19.1. The van der Waals surface area contributed by atoms with Crippen LogP contribution in [0.4, 0.5) is 0 Å². The van der Waals surface area contributed by atoms with Crippen molar-refractivity contribution in [3.8, 4) is 16.3 Å². The van der Waals surface area contributed by atoms with E-state index in [0.717, 1.165) is 15.6 Å². The van der Waals surface area contributed by atoms with Gasteiger partial charge in [0.15, 0.2) is 0 Å². The van der Waals surface area contributed by atoms with Crippen LogP contribution >= 0.6 is 34.5 Å². The number of nitrogens with zero attached hydrogens (tertiary/aromatic N) is 1. The summed E-state index contributed by atoms with van der Waals surface area (Å²) in [4.78, 5) is 17.2. The smallest absolute Gasteiger partial charge is 0.346 e. The Labute approximate surface area is 185 Å². The van der Waals surface area contributed by atoms with Gasteiger partial charge in [-0.15, -0.1) is 11.3 Å². The molecule has 0 atom stereocenters. The Bertz CT molecular complexity index is 1410. The zero-order chi connectivity index (χ0) is 20.7. The highest BCUT2D eigenvalue weighted by Gasteiger charge is 2.13. The van der Waals surface area contributed by atoms with Crippen LogP contribution in [0, 0.1) is 0 Å². The third-order valence-corrected chi connectivity index (χ3v) is 6.45. The van der Waals surface area contributed by atoms with Crippen LogP contribution in [-0.4, -0.2) is 4.98 Å². The molecule has 2 aromatic heterocycles. The molecule has 5 rings (SSSR count). The van der Waals surface area contributed by atoms with Crippen LogP contribution in [0.2, 0.25) is 10.0 Å². The molecule has 2 heterocycles. The molecule has 3 aromatic carbocycles. The van der Waals surface area contributed by atoms with Gasteiger partial charge in [0.2, 0.25) is 0 Å². The Morgan fingerprint density at radius 2 is 1.77 bits per heavy atom. The van der Waals surface area contributed by atoms with Gasteiger partial charge >= 0.3 is 5.63 Å². The van der Waals surface area contributed by atoms with E-state index in [1.54, 1.807) is 30.3 Å². The number of rotatable bonds is 4. The topological polar surface area (TPSA) is 52.3 Å². The highest BCUT2D eigenvalue weighted by atomic mass is 35.5. The molecular formula is C23H13Cl2NO3S. The molecule has 0 fully saturated rings. The fourth-order valence-electron chi connectivity index (χ4n) is 3.14. The molecule has 0 N–H and O–H groups in total. The summed E-state index contributed by atoms with van der Waals surface area (Å²) in [5.74, 6) is 0.550. The zero-order valence-corrected chi connectivity index (χ0v) is 17.7. The van der Waals surface area contributed by atoms with E-state index in [1.807, 2.05) is 36.4 Å². The molecule has 0 aliphatic carbocycles. The van der Waals surface area contributed by atoms with Crippen LogP contribution in [0.25, 0.3) is 31.8 Å². The van der Waals surface area contributed by atoms with Crippen LogP contribution in [0.3, 0.4) is 0 Å². The average molecular weight is 454 g/mol. The number of hydrogen-bond acceptors (Lipinski definition) is 5. The zero-order valence-electron chi connectivity index (χ0n) is 15.4. The van der Waals surface area contributed by atoms with Gasteiger partial charge in [0.1, 0.15) is 22.9 Å². The Kier molecular flexibility index (Phi) is 4.95. The molecule has 0 aliphatic rings. The molecule has 0 bridgehead atoms. The summed E-state index contributed by atoms with van der Waals surface area (Å²) in [5, 5.41) is 2.50. The quantitative estimate of drug-likeness (QED) is 0.276. The minimum atomic E-state index is -0.437. The number of ether oxygens (including phenoxy) is 1. The van der Waals surface area contributed by atoms with Gasteiger partial charge < -0.3 is 9.15 Å². The lowest BCUT2D eigenvalue weighted by molar-refractivity contribution is 0.306. The molecular weight excluding hydrogens is 441 g/mol. The molecule has 0 saturated carbocycles. The van der Waals surface area contributed by atoms with E-state index in [-0.39, 0.29) is 6.61 Å². The number of fused-ring (bicyclic) bond motifs is 2. The number of para-hydroxylation sites is 1. The number of aromatic nitrogens is 1. The Morgan fingerprint density at radius 1 is 0.967 bits per heavy atom. The summed E-state index contributed by atoms with van der Waals surface area (Å²) in [7, 11) is 0. The van der Waals surface area contributed by atoms with Crippen molar-refractivity contribution in [3.63, 3.8) is 0 Å². The predicted molar refractivity (Wildman–Crippen MR) is 122 cm³/mol. The van der Waals surface area contributed by atoms with Crippen molar-refractivity contribution in [1.29, 1.82) is 0 Å². The number of halogens is 2. The van der Waals surface area contributed by atoms with Crippen molar-refractivity contribution in [3.05, 3.63) is 92.8 Å². The maximum Gasteiger partial charge on any atom is 0.346 e. The van der Waals surface area contributed by atoms with Gasteiger partial charge in [-0.1, -0.05) is 41.4 Å². The van der Waals surface area contributed by atoms with E-state index in [2.05, 4.69) is 4.98 Å². The second-order valence-corrected chi connectivity index (χ2v) is 8.47. The van der Waals surface area contributed by atoms with Gasteiger partial charge in [-0.25, -0.2) is 9.78 Å². The SMILES string of the molecule is O=c1oc2cc(OCc3c(Cl)cccc3Cl)ccc2cc1-c1nc2ccccc2s1. The summed E-state index contributed by atoms with van der Waals surface area (Å²) in [5.41, 5.74) is 2.01. The van der Waals surface area contributed by atoms with E-state index >= 15 is 0 Å². The first-order chi connectivity index (χ1) is 14.6. The largest absolute Gasteiger partial charge is 0.489 e. The molecule has 0 aliphatic heterocycles. The number of hydrogen-bond donors (Lipinski definition) is 0. The van der Waals surface area contributed by atoms with Gasteiger partial charge in [0.05, 0.1) is 15.8 Å². The molecule has 0 amide bonds. The third kappa shape index (κ3) is 3.56. The lowest BCUT2D eigenvalue weighted by atomic mass is 10.2. The first-order valence-corrected chi connectivity index (χ1v) is 10.7. The summed E-state index contributed by atoms with van der Waals surface area (Å²) in [6.45, 7) is 0.206. The molecule has 0 radical (unpaired) electrons. The molecule has 0 unspecified atom stereocenters. The van der Waals surface area contributed by atoms with Gasteiger partial charge in [0.25, 0.3) is 0 Å². The first-order valence-electron chi connectivity index (χ1n) is 9.08. The van der Waals surface area contributed by atoms with Crippen molar-refractivity contribution in [2.45, 2.75) is 6.61 Å². The highest BCUT2D eigenvalue weighted by molar-refractivity contribution is 7.21. The maximum absolute atomic E-state index is 12.6. The lowest BCUT2D eigenvalue weighted by Crippen LogP contribution is -2.03. The molecule has 30 heavy (non-hydrogen) atoms. The van der Waals surface area contributed by atoms with E-state index < -0.39 is 5.63 Å². The molecule has 148 valence electrons. The van der Waals surface area contributed by atoms with Crippen molar-refractivity contribution >= 4 is 55.7 Å². The average Bonchev–Trinajstić information content (AvgIpc) is 3.17. The molecule has 0 saturated heterocycles. The molecule has 5 aromatic rings. The maximum atomic E-state index is 12.6. The summed E-state index contributed by atoms with van der Waals surface area (Å²) < 4.78 is 12.4. The lowest BCUT2D eigenvalue weighted by Gasteiger charge is -2.10. The van der Waals surface area contributed by atoms with Crippen LogP contribution < -0.4 is 10.4 Å². The summed E-state index contributed by atoms with van der Waals surface area (Å²) in [6, 6.07) is 20.2. The van der Waals surface area contributed by atoms with E-state index in [1.165, 1.54) is 11.3 Å². The van der Waals surface area contributed by atoms with Gasteiger partial charge in [0, 0.05) is 27.1 Å². The van der Waals surface area contributed by atoms with Crippen LogP contribution in [-0.2, 0) is 6.61 Å². The Hall–Kier alpha value is -2.86. The van der Waals surface area contributed by atoms with Crippen molar-refractivity contribution in [2.24, 2.45) is 0 Å². The normalized spacial score (nSPS) is 11.3. The number of benzene rings is 3. The van der Waals surface area contributed by atoms with Crippen LogP contribution in [0.1, 0.15) is 5.56 Å². The number of thiazole rings is 1. The van der Waals surface area contributed by atoms with Crippen molar-refractivity contribution < 1.29 is 9.15 Å².